The van der Waals surface area contributed by atoms with Crippen LogP contribution in [-0.4, -0.2) is 64.5 Å². The van der Waals surface area contributed by atoms with Crippen molar-refractivity contribution in [1.82, 2.24) is 0 Å². The molecule has 8 nitrogen and oxygen atoms in total. The van der Waals surface area contributed by atoms with Crippen molar-refractivity contribution < 1.29 is 34.3 Å². The van der Waals surface area contributed by atoms with E-state index < -0.39 is 54.0 Å². The lowest BCUT2D eigenvalue weighted by Crippen LogP contribution is -2.41. The van der Waals surface area contributed by atoms with Crippen LogP contribution in [0.2, 0.25) is 0 Å². The number of halogens is 6. The van der Waals surface area contributed by atoms with Gasteiger partial charge in [-0.15, -0.1) is 46.4 Å². The number of hydrogen-bond acceptors (Lipinski definition) is 6. The molecule has 5 atom stereocenters. The molecule has 0 aliphatic heterocycles. The zero-order chi connectivity index (χ0) is 29.4. The van der Waals surface area contributed by atoms with E-state index >= 15 is 0 Å². The third-order valence-electron chi connectivity index (χ3n) is 5.79. The molecule has 0 aromatic rings. The summed E-state index contributed by atoms with van der Waals surface area (Å²) in [5.74, 6) is 0. The monoisotopic (exact) mass is 706 g/mol. The number of hydrogen-bond donors (Lipinski definition) is 2. The molecule has 0 amide bonds. The molecule has 0 rings (SSSR count). The normalized spacial score (nSPS) is 17.2. The lowest BCUT2D eigenvalue weighted by molar-refractivity contribution is 0.165. The lowest BCUT2D eigenvalue weighted by Gasteiger charge is -2.29. The van der Waals surface area contributed by atoms with Gasteiger partial charge in [0.2, 0.25) is 0 Å². The van der Waals surface area contributed by atoms with Gasteiger partial charge in [0, 0.05) is 5.38 Å². The maximum Gasteiger partial charge on any atom is 0.397 e. The molecule has 0 aliphatic rings. The molecule has 0 fully saturated rings. The van der Waals surface area contributed by atoms with Crippen LogP contribution in [0.25, 0.3) is 0 Å². The van der Waals surface area contributed by atoms with Crippen LogP contribution in [0.1, 0.15) is 96.8 Å². The van der Waals surface area contributed by atoms with Crippen molar-refractivity contribution in [2.75, 3.05) is 6.61 Å². The molecule has 0 spiro atoms. The molecule has 2 N–H and O–H groups in total. The van der Waals surface area contributed by atoms with E-state index in [1.807, 2.05) is 0 Å². The third-order valence-corrected chi connectivity index (χ3v) is 9.26. The van der Waals surface area contributed by atoms with E-state index in [1.54, 1.807) is 0 Å². The van der Waals surface area contributed by atoms with E-state index in [9.17, 15) is 21.4 Å². The van der Waals surface area contributed by atoms with Crippen LogP contribution in [0, 0.1) is 0 Å². The molecule has 0 aromatic carbocycles. The van der Waals surface area contributed by atoms with Gasteiger partial charge in [-0.3, -0.25) is 9.11 Å². The first kappa shape index (κ1) is 39.5. The van der Waals surface area contributed by atoms with Crippen molar-refractivity contribution >= 4 is 90.4 Å². The standard InChI is InChI=1S/C22H40Cl6O8S2/c1-2-3-4-10-13-18(24)20(26)21(36-38(32,33)34)19(25)15-17(23)12-9-7-5-6-8-11-14-22(27,28)16-35-37(29,30)31/h17-21H,2-16H2,1H3,(H,29,30,31)(H,32,33,34)/t17-,18+,19+,20+,21-/m1/s1. The highest BCUT2D eigenvalue weighted by Crippen LogP contribution is 2.31. The third kappa shape index (κ3) is 22.1. The average molecular weight is 709 g/mol. The molecular weight excluding hydrogens is 669 g/mol. The molecule has 38 heavy (non-hydrogen) atoms. The van der Waals surface area contributed by atoms with E-state index in [0.29, 0.717) is 25.7 Å². The smallest absolute Gasteiger partial charge is 0.264 e. The van der Waals surface area contributed by atoms with Crippen molar-refractivity contribution in [2.45, 2.75) is 129 Å². The molecule has 0 bridgehead atoms. The molecule has 0 unspecified atom stereocenters. The van der Waals surface area contributed by atoms with Gasteiger partial charge in [0.05, 0.1) is 16.1 Å². The highest BCUT2D eigenvalue weighted by atomic mass is 35.5. The first-order chi connectivity index (χ1) is 17.5. The molecule has 16 heteroatoms. The van der Waals surface area contributed by atoms with Gasteiger partial charge < -0.3 is 0 Å². The SMILES string of the molecule is CCCCCC[C@H](Cl)[C@H](Cl)[C@H](OS(=O)(=O)O)[C@@H](Cl)C[C@H](Cl)CCCCCCCCC(Cl)(Cl)COS(=O)(=O)O. The van der Waals surface area contributed by atoms with Crippen LogP contribution in [-0.2, 0) is 29.2 Å². The number of alkyl halides is 6. The molecular formula is C22H40Cl6O8S2. The second-order valence-corrected chi connectivity index (χ2v) is 15.4. The van der Waals surface area contributed by atoms with Crippen LogP contribution < -0.4 is 0 Å². The molecule has 0 saturated carbocycles. The van der Waals surface area contributed by atoms with Gasteiger partial charge in [-0.25, -0.2) is 8.37 Å². The van der Waals surface area contributed by atoms with Crippen LogP contribution >= 0.6 is 69.6 Å². The van der Waals surface area contributed by atoms with Crippen molar-refractivity contribution in [3.8, 4) is 0 Å². The second-order valence-electron chi connectivity index (χ2n) is 9.35. The van der Waals surface area contributed by atoms with Crippen LogP contribution in [0.15, 0.2) is 0 Å². The van der Waals surface area contributed by atoms with Crippen LogP contribution in [0.4, 0.5) is 0 Å². The van der Waals surface area contributed by atoms with Crippen LogP contribution in [0.3, 0.4) is 0 Å². The molecule has 0 aromatic heterocycles. The summed E-state index contributed by atoms with van der Waals surface area (Å²) < 4.78 is 69.4. The summed E-state index contributed by atoms with van der Waals surface area (Å²) >= 11 is 37.7. The van der Waals surface area contributed by atoms with Gasteiger partial charge in [0.25, 0.3) is 0 Å². The summed E-state index contributed by atoms with van der Waals surface area (Å²) in [4.78, 5) is 0. The summed E-state index contributed by atoms with van der Waals surface area (Å²) in [7, 11) is -9.38. The highest BCUT2D eigenvalue weighted by molar-refractivity contribution is 7.81. The minimum atomic E-state index is -4.80. The Hall–Kier alpha value is 1.48. The van der Waals surface area contributed by atoms with E-state index in [4.69, 9.17) is 78.3 Å². The lowest BCUT2D eigenvalue weighted by atomic mass is 10.00. The van der Waals surface area contributed by atoms with E-state index in [2.05, 4.69) is 11.1 Å². The number of rotatable bonds is 24. The Morgan fingerprint density at radius 1 is 0.737 bits per heavy atom. The average Bonchev–Trinajstić information content (AvgIpc) is 2.79. The molecule has 0 heterocycles. The summed E-state index contributed by atoms with van der Waals surface area (Å²) in [5, 5.41) is -2.77. The van der Waals surface area contributed by atoms with Crippen molar-refractivity contribution in [3.63, 3.8) is 0 Å². The van der Waals surface area contributed by atoms with Gasteiger partial charge in [-0.2, -0.15) is 16.8 Å². The summed E-state index contributed by atoms with van der Waals surface area (Å²) in [5.41, 5.74) is 0. The van der Waals surface area contributed by atoms with Crippen molar-refractivity contribution in [1.29, 1.82) is 0 Å². The fourth-order valence-corrected chi connectivity index (χ4v) is 6.87. The Bertz CT molecular complexity index is 832. The quantitative estimate of drug-likeness (QED) is 0.0586. The maximum atomic E-state index is 11.4. The zero-order valence-electron chi connectivity index (χ0n) is 21.4. The summed E-state index contributed by atoms with van der Waals surface area (Å²) in [6.45, 7) is 1.56. The molecule has 230 valence electrons. The largest absolute Gasteiger partial charge is 0.397 e. The maximum absolute atomic E-state index is 11.4. The molecule has 0 aliphatic carbocycles. The fraction of sp³-hybridized carbons (Fsp3) is 1.00. The van der Waals surface area contributed by atoms with Crippen LogP contribution in [0.5, 0.6) is 0 Å². The Morgan fingerprint density at radius 2 is 1.26 bits per heavy atom. The Balaban J connectivity index is 4.39. The minimum absolute atomic E-state index is 0.213. The number of unbranched alkanes of at least 4 members (excludes halogenated alkanes) is 8. The Labute approximate surface area is 258 Å². The fourth-order valence-electron chi connectivity index (χ4n) is 3.77. The predicted molar refractivity (Wildman–Crippen MR) is 157 cm³/mol. The molecule has 0 radical (unpaired) electrons. The Morgan fingerprint density at radius 3 is 1.82 bits per heavy atom. The summed E-state index contributed by atoms with van der Waals surface area (Å²) in [6.07, 6.45) is 9.45. The summed E-state index contributed by atoms with van der Waals surface area (Å²) in [6, 6.07) is 0. The highest BCUT2D eigenvalue weighted by Gasteiger charge is 2.37. The van der Waals surface area contributed by atoms with Crippen molar-refractivity contribution in [3.05, 3.63) is 0 Å². The minimum Gasteiger partial charge on any atom is -0.264 e. The second kappa shape index (κ2) is 20.4. The Kier molecular flexibility index (Phi) is 21.2. The topological polar surface area (TPSA) is 127 Å². The van der Waals surface area contributed by atoms with E-state index in [1.165, 1.54) is 0 Å². The first-order valence-corrected chi connectivity index (χ1v) is 17.9. The van der Waals surface area contributed by atoms with Gasteiger partial charge in [-0.05, 0) is 25.7 Å². The predicted octanol–water partition coefficient (Wildman–Crippen LogP) is 8.08. The van der Waals surface area contributed by atoms with Gasteiger partial charge in [-0.1, -0.05) is 94.3 Å². The van der Waals surface area contributed by atoms with Gasteiger partial charge in [0.1, 0.15) is 17.0 Å². The molecule has 0 saturated heterocycles. The van der Waals surface area contributed by atoms with Crippen molar-refractivity contribution in [2.24, 2.45) is 0 Å². The van der Waals surface area contributed by atoms with E-state index in [0.717, 1.165) is 57.8 Å². The van der Waals surface area contributed by atoms with Gasteiger partial charge in [0.15, 0.2) is 0 Å². The van der Waals surface area contributed by atoms with Gasteiger partial charge >= 0.3 is 20.8 Å². The first-order valence-electron chi connectivity index (χ1n) is 12.7. The van der Waals surface area contributed by atoms with E-state index in [-0.39, 0.29) is 11.8 Å². The zero-order valence-corrected chi connectivity index (χ0v) is 27.6.